The molecular formula is C17H18N4OS2. The van der Waals surface area contributed by atoms with E-state index in [1.54, 1.807) is 17.7 Å². The lowest BCUT2D eigenvalue weighted by atomic mass is 10.2. The van der Waals surface area contributed by atoms with Crippen molar-refractivity contribution in [3.63, 3.8) is 0 Å². The molecule has 0 bridgehead atoms. The third kappa shape index (κ3) is 4.46. The molecule has 3 rings (SSSR count). The minimum Gasteiger partial charge on any atom is -0.325 e. The fraction of sp³-hybridized carbons (Fsp3) is 0.235. The number of amides is 1. The Bertz CT molecular complexity index is 799. The van der Waals surface area contributed by atoms with Crippen molar-refractivity contribution in [1.29, 1.82) is 0 Å². The highest BCUT2D eigenvalue weighted by Crippen LogP contribution is 2.18. The summed E-state index contributed by atoms with van der Waals surface area (Å²) in [6, 6.07) is 11.9. The number of hydrogen-bond donors (Lipinski definition) is 1. The number of aryl methyl sites for hydroxylation is 3. The van der Waals surface area contributed by atoms with Crippen molar-refractivity contribution in [2.75, 3.05) is 11.1 Å². The minimum atomic E-state index is -0.0397. The summed E-state index contributed by atoms with van der Waals surface area (Å²) >= 11 is 3.15. The number of carbonyl (C=O) groups excluding carboxylic acids is 1. The second kappa shape index (κ2) is 8.12. The van der Waals surface area contributed by atoms with E-state index in [-0.39, 0.29) is 5.91 Å². The lowest BCUT2D eigenvalue weighted by molar-refractivity contribution is -0.113. The Labute approximate surface area is 149 Å². The van der Waals surface area contributed by atoms with Gasteiger partial charge in [-0.1, -0.05) is 36.0 Å². The first-order valence-corrected chi connectivity index (χ1v) is 9.47. The van der Waals surface area contributed by atoms with Crippen molar-refractivity contribution >= 4 is 34.7 Å². The van der Waals surface area contributed by atoms with Crippen molar-refractivity contribution in [3.05, 3.63) is 58.5 Å². The summed E-state index contributed by atoms with van der Waals surface area (Å²) in [7, 11) is 0. The monoisotopic (exact) mass is 358 g/mol. The summed E-state index contributed by atoms with van der Waals surface area (Å²) in [5.74, 6) is 0.272. The summed E-state index contributed by atoms with van der Waals surface area (Å²) in [4.78, 5) is 13.5. The molecule has 0 aliphatic rings. The van der Waals surface area contributed by atoms with Gasteiger partial charge >= 0.3 is 0 Å². The van der Waals surface area contributed by atoms with Crippen molar-refractivity contribution in [3.8, 4) is 0 Å². The number of benzene rings is 1. The average molecular weight is 358 g/mol. The van der Waals surface area contributed by atoms with E-state index in [9.17, 15) is 4.79 Å². The molecule has 1 aromatic carbocycles. The molecule has 0 saturated carbocycles. The maximum absolute atomic E-state index is 12.1. The predicted molar refractivity (Wildman–Crippen MR) is 98.6 cm³/mol. The molecule has 0 radical (unpaired) electrons. The molecule has 0 aliphatic carbocycles. The van der Waals surface area contributed by atoms with E-state index in [2.05, 4.69) is 33.0 Å². The molecule has 0 atom stereocenters. The fourth-order valence-electron chi connectivity index (χ4n) is 2.22. The van der Waals surface area contributed by atoms with Gasteiger partial charge in [-0.15, -0.1) is 21.5 Å². The van der Waals surface area contributed by atoms with Crippen LogP contribution in [0.4, 0.5) is 5.69 Å². The minimum absolute atomic E-state index is 0.0397. The van der Waals surface area contributed by atoms with Crippen LogP contribution < -0.4 is 5.32 Å². The van der Waals surface area contributed by atoms with Crippen molar-refractivity contribution in [2.24, 2.45) is 0 Å². The van der Waals surface area contributed by atoms with Gasteiger partial charge in [0.15, 0.2) is 5.16 Å². The van der Waals surface area contributed by atoms with Crippen LogP contribution in [0, 0.1) is 6.92 Å². The topological polar surface area (TPSA) is 59.8 Å². The molecule has 0 unspecified atom stereocenters. The van der Waals surface area contributed by atoms with Gasteiger partial charge < -0.3 is 9.88 Å². The molecule has 0 saturated heterocycles. The van der Waals surface area contributed by atoms with Crippen LogP contribution in [0.15, 0.2) is 53.3 Å². The number of aromatic nitrogens is 3. The number of para-hydroxylation sites is 1. The number of thioether (sulfide) groups is 1. The Morgan fingerprint density at radius 2 is 2.17 bits per heavy atom. The molecule has 2 heterocycles. The SMILES string of the molecule is Cc1ccccc1NC(=O)CSc1nncn1CCc1cccs1. The van der Waals surface area contributed by atoms with Crippen LogP contribution in [-0.2, 0) is 17.8 Å². The zero-order valence-corrected chi connectivity index (χ0v) is 14.9. The summed E-state index contributed by atoms with van der Waals surface area (Å²) < 4.78 is 1.99. The van der Waals surface area contributed by atoms with Crippen LogP contribution in [0.3, 0.4) is 0 Å². The van der Waals surface area contributed by atoms with Gasteiger partial charge in [0.2, 0.25) is 5.91 Å². The number of nitrogens with zero attached hydrogens (tertiary/aromatic N) is 3. The fourth-order valence-corrected chi connectivity index (χ4v) is 3.66. The first-order valence-electron chi connectivity index (χ1n) is 7.61. The second-order valence-corrected chi connectivity index (χ2v) is 7.26. The Hall–Kier alpha value is -2.12. The van der Waals surface area contributed by atoms with Crippen LogP contribution in [0.2, 0.25) is 0 Å². The van der Waals surface area contributed by atoms with Crippen LogP contribution in [0.25, 0.3) is 0 Å². The maximum Gasteiger partial charge on any atom is 0.234 e. The van der Waals surface area contributed by atoms with Gasteiger partial charge in [0.25, 0.3) is 0 Å². The quantitative estimate of drug-likeness (QED) is 0.655. The van der Waals surface area contributed by atoms with E-state index in [1.165, 1.54) is 16.6 Å². The zero-order chi connectivity index (χ0) is 16.8. The molecule has 0 spiro atoms. The lowest BCUT2D eigenvalue weighted by Gasteiger charge is -2.08. The van der Waals surface area contributed by atoms with Crippen molar-refractivity contribution < 1.29 is 4.79 Å². The summed E-state index contributed by atoms with van der Waals surface area (Å²) in [5.41, 5.74) is 1.90. The number of anilines is 1. The van der Waals surface area contributed by atoms with E-state index >= 15 is 0 Å². The molecule has 3 aromatic rings. The Morgan fingerprint density at radius 3 is 2.96 bits per heavy atom. The second-order valence-electron chi connectivity index (χ2n) is 5.29. The Balaban J connectivity index is 1.52. The van der Waals surface area contributed by atoms with Crippen molar-refractivity contribution in [2.45, 2.75) is 25.0 Å². The molecule has 24 heavy (non-hydrogen) atoms. The van der Waals surface area contributed by atoms with Crippen LogP contribution in [-0.4, -0.2) is 26.4 Å². The van der Waals surface area contributed by atoms with Crippen LogP contribution in [0.5, 0.6) is 0 Å². The standard InChI is InChI=1S/C17H18N4OS2/c1-13-5-2-3-7-15(13)19-16(22)11-24-17-20-18-12-21(17)9-8-14-6-4-10-23-14/h2-7,10,12H,8-9,11H2,1H3,(H,19,22). The van der Waals surface area contributed by atoms with Gasteiger partial charge in [-0.05, 0) is 36.4 Å². The molecule has 124 valence electrons. The average Bonchev–Trinajstić information content (AvgIpc) is 3.24. The molecule has 0 fully saturated rings. The number of hydrogen-bond acceptors (Lipinski definition) is 5. The highest BCUT2D eigenvalue weighted by atomic mass is 32.2. The van der Waals surface area contributed by atoms with E-state index < -0.39 is 0 Å². The summed E-state index contributed by atoms with van der Waals surface area (Å²) in [5, 5.41) is 13.9. The predicted octanol–water partition coefficient (Wildman–Crippen LogP) is 3.62. The van der Waals surface area contributed by atoms with E-state index in [4.69, 9.17) is 0 Å². The molecule has 7 heteroatoms. The zero-order valence-electron chi connectivity index (χ0n) is 13.3. The van der Waals surface area contributed by atoms with Gasteiger partial charge in [0, 0.05) is 17.1 Å². The lowest BCUT2D eigenvalue weighted by Crippen LogP contribution is -2.15. The number of carbonyl (C=O) groups is 1. The number of nitrogens with one attached hydrogen (secondary N) is 1. The van der Waals surface area contributed by atoms with E-state index in [1.807, 2.05) is 35.8 Å². The van der Waals surface area contributed by atoms with Gasteiger partial charge in [-0.2, -0.15) is 0 Å². The first kappa shape index (κ1) is 16.7. The molecule has 1 N–H and O–H groups in total. The van der Waals surface area contributed by atoms with Crippen LogP contribution in [0.1, 0.15) is 10.4 Å². The van der Waals surface area contributed by atoms with Gasteiger partial charge in [-0.3, -0.25) is 4.79 Å². The normalized spacial score (nSPS) is 10.7. The molecular weight excluding hydrogens is 340 g/mol. The summed E-state index contributed by atoms with van der Waals surface area (Å²) in [6.45, 7) is 2.79. The van der Waals surface area contributed by atoms with E-state index in [0.717, 1.165) is 29.4 Å². The third-order valence-electron chi connectivity index (χ3n) is 3.51. The molecule has 1 amide bonds. The third-order valence-corrected chi connectivity index (χ3v) is 5.43. The van der Waals surface area contributed by atoms with Crippen LogP contribution >= 0.6 is 23.1 Å². The Kier molecular flexibility index (Phi) is 5.66. The Morgan fingerprint density at radius 1 is 1.29 bits per heavy atom. The molecule has 2 aromatic heterocycles. The van der Waals surface area contributed by atoms with Gasteiger partial charge in [0.05, 0.1) is 5.75 Å². The van der Waals surface area contributed by atoms with E-state index in [0.29, 0.717) is 5.75 Å². The van der Waals surface area contributed by atoms with Gasteiger partial charge in [0.1, 0.15) is 6.33 Å². The molecule has 5 nitrogen and oxygen atoms in total. The number of thiophene rings is 1. The largest absolute Gasteiger partial charge is 0.325 e. The highest BCUT2D eigenvalue weighted by Gasteiger charge is 2.10. The summed E-state index contributed by atoms with van der Waals surface area (Å²) in [6.07, 6.45) is 2.66. The highest BCUT2D eigenvalue weighted by molar-refractivity contribution is 7.99. The molecule has 0 aliphatic heterocycles. The van der Waals surface area contributed by atoms with Crippen molar-refractivity contribution in [1.82, 2.24) is 14.8 Å². The number of rotatable bonds is 7. The van der Waals surface area contributed by atoms with Gasteiger partial charge in [-0.25, -0.2) is 0 Å². The first-order chi connectivity index (χ1) is 11.7. The maximum atomic E-state index is 12.1. The smallest absolute Gasteiger partial charge is 0.234 e.